The summed E-state index contributed by atoms with van der Waals surface area (Å²) in [4.78, 5) is 12.8. The van der Waals surface area contributed by atoms with Gasteiger partial charge in [-0.1, -0.05) is 101 Å². The quantitative estimate of drug-likeness (QED) is 0.0876. The number of esters is 1. The Morgan fingerprint density at radius 3 is 2.14 bits per heavy atom. The standard InChI is InChI=1S/C36H46O6/c1-4-5-6-7-8-9-10-11-15-18-36(38)42-35-26-31(41-27-28-16-13-12-14-17-28)22-23-32(35)33(37)24-20-29-19-21-30(39-2)25-34(29)40-3/h12-14,16-17,19-26,33,37H,4-11,15,18,27H2,1-3H3. The summed E-state index contributed by atoms with van der Waals surface area (Å²) < 4.78 is 22.5. The van der Waals surface area contributed by atoms with Gasteiger partial charge in [0.25, 0.3) is 0 Å². The highest BCUT2D eigenvalue weighted by molar-refractivity contribution is 5.73. The fourth-order valence-electron chi connectivity index (χ4n) is 4.69. The van der Waals surface area contributed by atoms with Crippen LogP contribution in [0.1, 0.15) is 93.9 Å². The molecule has 0 heterocycles. The molecular formula is C36H46O6. The molecule has 0 aliphatic heterocycles. The van der Waals surface area contributed by atoms with Crippen molar-refractivity contribution in [3.05, 3.63) is 89.5 Å². The summed E-state index contributed by atoms with van der Waals surface area (Å²) in [5.74, 6) is 1.83. The molecular weight excluding hydrogens is 528 g/mol. The molecule has 1 unspecified atom stereocenters. The predicted octanol–water partition coefficient (Wildman–Crippen LogP) is 8.86. The van der Waals surface area contributed by atoms with Crippen LogP contribution in [0.5, 0.6) is 23.0 Å². The molecule has 0 radical (unpaired) electrons. The van der Waals surface area contributed by atoms with Crippen molar-refractivity contribution in [1.29, 1.82) is 0 Å². The van der Waals surface area contributed by atoms with Crippen molar-refractivity contribution in [2.75, 3.05) is 14.2 Å². The number of hydrogen-bond donors (Lipinski definition) is 1. The summed E-state index contributed by atoms with van der Waals surface area (Å²) >= 11 is 0. The molecule has 1 atom stereocenters. The molecule has 0 bridgehead atoms. The van der Waals surface area contributed by atoms with Gasteiger partial charge in [0.15, 0.2) is 0 Å². The molecule has 0 aliphatic carbocycles. The Morgan fingerprint density at radius 2 is 1.45 bits per heavy atom. The maximum atomic E-state index is 12.8. The van der Waals surface area contributed by atoms with Crippen molar-refractivity contribution in [2.45, 2.75) is 83.8 Å². The van der Waals surface area contributed by atoms with Crippen molar-refractivity contribution < 1.29 is 28.8 Å². The van der Waals surface area contributed by atoms with Crippen LogP contribution in [0, 0.1) is 0 Å². The summed E-state index contributed by atoms with van der Waals surface area (Å²) in [6.45, 7) is 2.61. The van der Waals surface area contributed by atoms with E-state index >= 15 is 0 Å². The molecule has 6 heteroatoms. The van der Waals surface area contributed by atoms with Gasteiger partial charge in [0.2, 0.25) is 0 Å². The number of methoxy groups -OCH3 is 2. The average Bonchev–Trinajstić information content (AvgIpc) is 3.02. The van der Waals surface area contributed by atoms with Gasteiger partial charge in [-0.25, -0.2) is 0 Å². The third-order valence-corrected chi connectivity index (χ3v) is 7.16. The van der Waals surface area contributed by atoms with Gasteiger partial charge in [0.1, 0.15) is 35.7 Å². The molecule has 226 valence electrons. The molecule has 3 aromatic rings. The van der Waals surface area contributed by atoms with Crippen LogP contribution >= 0.6 is 0 Å². The Hall–Kier alpha value is -3.77. The highest BCUT2D eigenvalue weighted by Crippen LogP contribution is 2.33. The van der Waals surface area contributed by atoms with E-state index in [1.807, 2.05) is 42.5 Å². The van der Waals surface area contributed by atoms with E-state index in [0.717, 1.165) is 30.4 Å². The summed E-state index contributed by atoms with van der Waals surface area (Å²) in [5.41, 5.74) is 2.29. The first-order valence-corrected chi connectivity index (χ1v) is 15.1. The van der Waals surface area contributed by atoms with Crippen molar-refractivity contribution in [3.8, 4) is 23.0 Å². The molecule has 0 spiro atoms. The lowest BCUT2D eigenvalue weighted by Gasteiger charge is -2.15. The van der Waals surface area contributed by atoms with Crippen molar-refractivity contribution in [2.24, 2.45) is 0 Å². The van der Waals surface area contributed by atoms with Gasteiger partial charge < -0.3 is 24.1 Å². The first-order chi connectivity index (χ1) is 20.5. The largest absolute Gasteiger partial charge is 0.497 e. The topological polar surface area (TPSA) is 74.2 Å². The zero-order chi connectivity index (χ0) is 30.0. The highest BCUT2D eigenvalue weighted by Gasteiger charge is 2.16. The number of rotatable bonds is 19. The summed E-state index contributed by atoms with van der Waals surface area (Å²) in [5, 5.41) is 11.1. The molecule has 1 N–H and O–H groups in total. The van der Waals surface area contributed by atoms with Crippen LogP contribution in [-0.2, 0) is 11.4 Å². The number of carbonyl (C=O) groups is 1. The Balaban J connectivity index is 1.66. The van der Waals surface area contributed by atoms with Gasteiger partial charge in [0.05, 0.1) is 14.2 Å². The number of unbranched alkanes of at least 4 members (excludes halogenated alkanes) is 8. The van der Waals surface area contributed by atoms with Gasteiger partial charge >= 0.3 is 5.97 Å². The van der Waals surface area contributed by atoms with Gasteiger partial charge in [-0.2, -0.15) is 0 Å². The second-order valence-electron chi connectivity index (χ2n) is 10.4. The van der Waals surface area contributed by atoms with E-state index in [4.69, 9.17) is 18.9 Å². The van der Waals surface area contributed by atoms with E-state index < -0.39 is 6.10 Å². The van der Waals surface area contributed by atoms with Gasteiger partial charge in [0, 0.05) is 29.7 Å². The minimum Gasteiger partial charge on any atom is -0.497 e. The van der Waals surface area contributed by atoms with Crippen LogP contribution in [0.3, 0.4) is 0 Å². The molecule has 42 heavy (non-hydrogen) atoms. The van der Waals surface area contributed by atoms with Crippen molar-refractivity contribution >= 4 is 12.0 Å². The smallest absolute Gasteiger partial charge is 0.311 e. The Bertz CT molecular complexity index is 1240. The maximum Gasteiger partial charge on any atom is 0.311 e. The van der Waals surface area contributed by atoms with E-state index in [-0.39, 0.29) is 5.97 Å². The van der Waals surface area contributed by atoms with Crippen molar-refractivity contribution in [1.82, 2.24) is 0 Å². The summed E-state index contributed by atoms with van der Waals surface area (Å²) in [6, 6.07) is 20.5. The minimum atomic E-state index is -1.02. The van der Waals surface area contributed by atoms with Crippen LogP contribution in [-0.4, -0.2) is 25.3 Å². The SMILES string of the molecule is CCCCCCCCCCCC(=O)Oc1cc(OCc2ccccc2)ccc1C(O)C=Cc1ccc(OC)cc1OC. The number of aliphatic hydroxyl groups is 1. The fraction of sp³-hybridized carbons (Fsp3) is 0.417. The second-order valence-corrected chi connectivity index (χ2v) is 10.4. The Kier molecular flexibility index (Phi) is 14.5. The highest BCUT2D eigenvalue weighted by atomic mass is 16.5. The lowest BCUT2D eigenvalue weighted by atomic mass is 10.1. The second kappa shape index (κ2) is 18.6. The summed E-state index contributed by atoms with van der Waals surface area (Å²) in [6.07, 6.45) is 13.3. The Labute approximate surface area is 251 Å². The monoisotopic (exact) mass is 574 g/mol. The third-order valence-electron chi connectivity index (χ3n) is 7.16. The zero-order valence-electron chi connectivity index (χ0n) is 25.3. The van der Waals surface area contributed by atoms with E-state index in [1.54, 1.807) is 50.6 Å². The number of benzene rings is 3. The van der Waals surface area contributed by atoms with Crippen LogP contribution in [0.25, 0.3) is 6.08 Å². The molecule has 0 saturated carbocycles. The summed E-state index contributed by atoms with van der Waals surface area (Å²) in [7, 11) is 3.18. The molecule has 0 aromatic heterocycles. The number of aliphatic hydroxyl groups excluding tert-OH is 1. The average molecular weight is 575 g/mol. The lowest BCUT2D eigenvalue weighted by Crippen LogP contribution is -2.10. The van der Waals surface area contributed by atoms with Gasteiger partial charge in [-0.3, -0.25) is 4.79 Å². The molecule has 6 nitrogen and oxygen atoms in total. The van der Waals surface area contributed by atoms with Gasteiger partial charge in [-0.05, 0) is 36.2 Å². The Morgan fingerprint density at radius 1 is 0.786 bits per heavy atom. The molecule has 3 aromatic carbocycles. The molecule has 3 rings (SSSR count). The number of carbonyl (C=O) groups excluding carboxylic acids is 1. The lowest BCUT2D eigenvalue weighted by molar-refractivity contribution is -0.134. The molecule has 0 amide bonds. The molecule has 0 aliphatic rings. The third kappa shape index (κ3) is 11.2. The van der Waals surface area contributed by atoms with E-state index in [1.165, 1.54) is 38.5 Å². The van der Waals surface area contributed by atoms with E-state index in [0.29, 0.717) is 41.6 Å². The number of hydrogen-bond acceptors (Lipinski definition) is 6. The van der Waals surface area contributed by atoms with Crippen LogP contribution in [0.2, 0.25) is 0 Å². The van der Waals surface area contributed by atoms with E-state index in [9.17, 15) is 9.90 Å². The van der Waals surface area contributed by atoms with Crippen LogP contribution in [0.15, 0.2) is 72.8 Å². The maximum absolute atomic E-state index is 12.8. The first kappa shape index (κ1) is 32.7. The zero-order valence-corrected chi connectivity index (χ0v) is 25.3. The number of ether oxygens (including phenoxy) is 4. The minimum absolute atomic E-state index is 0.292. The first-order valence-electron chi connectivity index (χ1n) is 15.1. The fourth-order valence-corrected chi connectivity index (χ4v) is 4.69. The van der Waals surface area contributed by atoms with Crippen molar-refractivity contribution in [3.63, 3.8) is 0 Å². The van der Waals surface area contributed by atoms with Gasteiger partial charge in [-0.15, -0.1) is 0 Å². The normalized spacial score (nSPS) is 11.8. The predicted molar refractivity (Wildman–Crippen MR) is 168 cm³/mol. The van der Waals surface area contributed by atoms with Crippen LogP contribution < -0.4 is 18.9 Å². The van der Waals surface area contributed by atoms with E-state index in [2.05, 4.69) is 6.92 Å². The van der Waals surface area contributed by atoms with Crippen LogP contribution in [0.4, 0.5) is 0 Å². The molecule has 0 saturated heterocycles. The molecule has 0 fully saturated rings.